The molecule has 0 amide bonds. The third kappa shape index (κ3) is 1.69. The second-order valence-electron chi connectivity index (χ2n) is 3.00. The number of aromatic nitrogens is 1. The predicted octanol–water partition coefficient (Wildman–Crippen LogP) is 1.62. The molecule has 1 heterocycles. The van der Waals surface area contributed by atoms with Crippen molar-refractivity contribution in [3.8, 4) is 0 Å². The van der Waals surface area contributed by atoms with Gasteiger partial charge in [0.25, 0.3) is 0 Å². The van der Waals surface area contributed by atoms with Crippen molar-refractivity contribution in [1.29, 1.82) is 0 Å². The number of rotatable bonds is 3. The summed E-state index contributed by atoms with van der Waals surface area (Å²) in [5.41, 5.74) is 2.22. The lowest BCUT2D eigenvalue weighted by Crippen LogP contribution is -2.06. The van der Waals surface area contributed by atoms with Crippen LogP contribution in [0.4, 0.5) is 0 Å². The maximum absolute atomic E-state index is 11.5. The molecule has 1 aromatic heterocycles. The first-order chi connectivity index (χ1) is 6.61. The molecule has 0 aliphatic carbocycles. The van der Waals surface area contributed by atoms with E-state index < -0.39 is 0 Å². The SMILES string of the molecule is CCOC(=O)c1c(C)[nH]c([13CH]=O)c1C. The van der Waals surface area contributed by atoms with Crippen LogP contribution in [-0.4, -0.2) is 23.8 Å². The zero-order chi connectivity index (χ0) is 10.7. The van der Waals surface area contributed by atoms with Crippen LogP contribution >= 0.6 is 0 Å². The molecule has 0 atom stereocenters. The normalized spacial score (nSPS) is 9.93. The van der Waals surface area contributed by atoms with Gasteiger partial charge in [-0.3, -0.25) is 4.79 Å². The van der Waals surface area contributed by atoms with Crippen LogP contribution < -0.4 is 0 Å². The topological polar surface area (TPSA) is 59.2 Å². The fraction of sp³-hybridized carbons (Fsp3) is 0.400. The van der Waals surface area contributed by atoms with Gasteiger partial charge >= 0.3 is 5.97 Å². The van der Waals surface area contributed by atoms with E-state index in [-0.39, 0.29) is 5.97 Å². The van der Waals surface area contributed by atoms with Gasteiger partial charge in [0.05, 0.1) is 17.9 Å². The molecule has 0 saturated heterocycles. The molecule has 0 radical (unpaired) electrons. The van der Waals surface area contributed by atoms with Gasteiger partial charge < -0.3 is 9.72 Å². The van der Waals surface area contributed by atoms with Gasteiger partial charge in [-0.05, 0) is 26.3 Å². The average Bonchev–Trinajstić information content (AvgIpc) is 2.41. The molecule has 0 aliphatic rings. The van der Waals surface area contributed by atoms with Crippen molar-refractivity contribution in [3.63, 3.8) is 0 Å². The quantitative estimate of drug-likeness (QED) is 0.454. The molecule has 4 nitrogen and oxygen atoms in total. The van der Waals surface area contributed by atoms with E-state index in [1.54, 1.807) is 20.8 Å². The lowest BCUT2D eigenvalue weighted by atomic mass is 10.1. The summed E-state index contributed by atoms with van der Waals surface area (Å²) in [6, 6.07) is 0. The molecule has 0 aromatic carbocycles. The van der Waals surface area contributed by atoms with Crippen molar-refractivity contribution in [2.75, 3.05) is 6.61 Å². The number of nitrogens with one attached hydrogen (secondary N) is 1. The van der Waals surface area contributed by atoms with Gasteiger partial charge in [-0.2, -0.15) is 0 Å². The Bertz CT molecular complexity index is 366. The number of carbonyl (C=O) groups is 2. The van der Waals surface area contributed by atoms with Crippen LogP contribution in [0.25, 0.3) is 0 Å². The zero-order valence-electron chi connectivity index (χ0n) is 8.51. The van der Waals surface area contributed by atoms with Crippen molar-refractivity contribution in [1.82, 2.24) is 4.98 Å². The number of hydrogen-bond donors (Lipinski definition) is 1. The number of esters is 1. The molecule has 0 bridgehead atoms. The first kappa shape index (κ1) is 10.5. The third-order valence-electron chi connectivity index (χ3n) is 2.07. The molecule has 76 valence electrons. The Morgan fingerprint density at radius 2 is 2.14 bits per heavy atom. The van der Waals surface area contributed by atoms with E-state index in [1.165, 1.54) is 0 Å². The Hall–Kier alpha value is -1.58. The highest BCUT2D eigenvalue weighted by molar-refractivity contribution is 5.95. The summed E-state index contributed by atoms with van der Waals surface area (Å²) in [4.78, 5) is 24.9. The van der Waals surface area contributed by atoms with Gasteiger partial charge in [-0.1, -0.05) is 0 Å². The van der Waals surface area contributed by atoms with E-state index >= 15 is 0 Å². The molecule has 0 fully saturated rings. The third-order valence-corrected chi connectivity index (χ3v) is 2.07. The van der Waals surface area contributed by atoms with E-state index in [4.69, 9.17) is 4.74 Å². The minimum absolute atomic E-state index is 0.333. The molecule has 1 aromatic rings. The first-order valence-electron chi connectivity index (χ1n) is 4.43. The van der Waals surface area contributed by atoms with Crippen molar-refractivity contribution in [2.45, 2.75) is 20.8 Å². The fourth-order valence-electron chi connectivity index (χ4n) is 1.40. The van der Waals surface area contributed by atoms with Crippen LogP contribution in [0.3, 0.4) is 0 Å². The minimum Gasteiger partial charge on any atom is -0.462 e. The van der Waals surface area contributed by atoms with E-state index in [0.29, 0.717) is 35.4 Å². The van der Waals surface area contributed by atoms with Crippen molar-refractivity contribution in [3.05, 3.63) is 22.5 Å². The summed E-state index contributed by atoms with van der Waals surface area (Å²) < 4.78 is 4.87. The highest BCUT2D eigenvalue weighted by Gasteiger charge is 2.18. The second kappa shape index (κ2) is 4.09. The Morgan fingerprint density at radius 1 is 1.50 bits per heavy atom. The number of aryl methyl sites for hydroxylation is 1. The number of carbonyl (C=O) groups excluding carboxylic acids is 2. The monoisotopic (exact) mass is 196 g/mol. The summed E-state index contributed by atoms with van der Waals surface area (Å²) in [5.74, 6) is -0.383. The molecule has 0 unspecified atom stereocenters. The van der Waals surface area contributed by atoms with Crippen LogP contribution in [0.2, 0.25) is 0 Å². The highest BCUT2D eigenvalue weighted by atomic mass is 16.5. The van der Waals surface area contributed by atoms with Gasteiger partial charge in [0.2, 0.25) is 0 Å². The van der Waals surface area contributed by atoms with Gasteiger partial charge in [-0.25, -0.2) is 4.79 Å². The first-order valence-corrected chi connectivity index (χ1v) is 4.43. The molecular formula is C10H13NO3. The van der Waals surface area contributed by atoms with Gasteiger partial charge in [0.1, 0.15) is 0 Å². The molecule has 0 aliphatic heterocycles. The smallest absolute Gasteiger partial charge is 0.340 e. The van der Waals surface area contributed by atoms with Crippen molar-refractivity contribution < 1.29 is 14.3 Å². The van der Waals surface area contributed by atoms with E-state index in [9.17, 15) is 9.59 Å². The maximum atomic E-state index is 11.5. The summed E-state index contributed by atoms with van der Waals surface area (Å²) in [5, 5.41) is 0. The van der Waals surface area contributed by atoms with Crippen molar-refractivity contribution >= 4 is 12.3 Å². The Labute approximate surface area is 82.3 Å². The predicted molar refractivity (Wildman–Crippen MR) is 51.6 cm³/mol. The molecule has 14 heavy (non-hydrogen) atoms. The molecule has 1 rings (SSSR count). The Morgan fingerprint density at radius 3 is 2.57 bits per heavy atom. The van der Waals surface area contributed by atoms with Crippen molar-refractivity contribution in [2.24, 2.45) is 0 Å². The molecule has 0 saturated carbocycles. The minimum atomic E-state index is -0.383. The molecule has 1 N–H and O–H groups in total. The van der Waals surface area contributed by atoms with E-state index in [0.717, 1.165) is 0 Å². The highest BCUT2D eigenvalue weighted by Crippen LogP contribution is 2.17. The van der Waals surface area contributed by atoms with Crippen LogP contribution in [0.15, 0.2) is 0 Å². The van der Waals surface area contributed by atoms with Crippen LogP contribution in [-0.2, 0) is 4.74 Å². The number of aromatic amines is 1. The van der Waals surface area contributed by atoms with Gasteiger partial charge in [0, 0.05) is 5.69 Å². The maximum Gasteiger partial charge on any atom is 0.340 e. The lowest BCUT2D eigenvalue weighted by Gasteiger charge is -2.01. The lowest BCUT2D eigenvalue weighted by molar-refractivity contribution is 0.0525. The fourth-order valence-corrected chi connectivity index (χ4v) is 1.40. The number of hydrogen-bond acceptors (Lipinski definition) is 3. The van der Waals surface area contributed by atoms with E-state index in [1.807, 2.05) is 0 Å². The average molecular weight is 196 g/mol. The number of aldehydes is 1. The van der Waals surface area contributed by atoms with E-state index in [2.05, 4.69) is 4.98 Å². The number of H-pyrrole nitrogens is 1. The van der Waals surface area contributed by atoms with Crippen LogP contribution in [0.5, 0.6) is 0 Å². The zero-order valence-corrected chi connectivity index (χ0v) is 8.51. The summed E-state index contributed by atoms with van der Waals surface area (Å²) >= 11 is 0. The summed E-state index contributed by atoms with van der Waals surface area (Å²) in [7, 11) is 0. The summed E-state index contributed by atoms with van der Waals surface area (Å²) in [6.45, 7) is 5.54. The molecular weight excluding hydrogens is 183 g/mol. The molecule has 4 heteroatoms. The largest absolute Gasteiger partial charge is 0.462 e. The Balaban J connectivity index is 3.13. The Kier molecular flexibility index (Phi) is 3.06. The number of ether oxygens (including phenoxy) is 1. The summed E-state index contributed by atoms with van der Waals surface area (Å²) in [6.07, 6.45) is 0.699. The molecule has 0 spiro atoms. The van der Waals surface area contributed by atoms with Gasteiger partial charge in [0.15, 0.2) is 6.29 Å². The van der Waals surface area contributed by atoms with Gasteiger partial charge in [-0.15, -0.1) is 0 Å². The standard InChI is InChI=1S/C10H13NO3/c1-4-14-10(13)9-6(2)8(5-12)11-7(9)3/h5,11H,4H2,1-3H3/i5+1. The second-order valence-corrected chi connectivity index (χ2v) is 3.00. The van der Waals surface area contributed by atoms with Crippen LogP contribution in [0.1, 0.15) is 39.0 Å². The van der Waals surface area contributed by atoms with Crippen LogP contribution in [0, 0.1) is 13.8 Å².